The molecule has 0 fully saturated rings. The lowest BCUT2D eigenvalue weighted by Crippen LogP contribution is -2.95. The molecule has 0 amide bonds. The summed E-state index contributed by atoms with van der Waals surface area (Å²) < 4.78 is 8.58. The van der Waals surface area contributed by atoms with Crippen molar-refractivity contribution in [3.63, 3.8) is 0 Å². The Morgan fingerprint density at radius 2 is 2.09 bits per heavy atom. The van der Waals surface area contributed by atoms with Crippen molar-refractivity contribution in [2.24, 2.45) is 0 Å². The first-order valence-electron chi connectivity index (χ1n) is 10.9. The number of rotatable bonds is 5. The van der Waals surface area contributed by atoms with Crippen molar-refractivity contribution in [2.45, 2.75) is 38.9 Å². The molecule has 0 bridgehead atoms. The number of aromatic amines is 1. The number of aromatic nitrogens is 3. The van der Waals surface area contributed by atoms with Crippen molar-refractivity contribution in [3.05, 3.63) is 80.7 Å². The molecule has 0 aliphatic carbocycles. The normalized spacial score (nSPS) is 17.8. The Morgan fingerprint density at radius 1 is 1.30 bits per heavy atom. The van der Waals surface area contributed by atoms with Crippen LogP contribution in [0.5, 0.6) is 5.75 Å². The molecule has 2 aromatic heterocycles. The maximum Gasteiger partial charge on any atom is 0.153 e. The van der Waals surface area contributed by atoms with Crippen LogP contribution in [0.2, 0.25) is 0 Å². The van der Waals surface area contributed by atoms with Gasteiger partial charge in [0.05, 0.1) is 41.2 Å². The van der Waals surface area contributed by atoms with Crippen LogP contribution in [0.1, 0.15) is 39.8 Å². The Hall–Kier alpha value is -3.10. The molecule has 8 heteroatoms. The van der Waals surface area contributed by atoms with Crippen LogP contribution in [-0.2, 0) is 17.8 Å². The average molecular weight is 509 g/mol. The second-order valence-electron chi connectivity index (χ2n) is 8.58. The van der Waals surface area contributed by atoms with E-state index in [-0.39, 0.29) is 6.04 Å². The van der Waals surface area contributed by atoms with Crippen LogP contribution >= 0.6 is 15.9 Å². The fourth-order valence-electron chi connectivity index (χ4n) is 4.87. The number of halogens is 1. The van der Waals surface area contributed by atoms with Gasteiger partial charge < -0.3 is 24.9 Å². The van der Waals surface area contributed by atoms with Crippen LogP contribution in [0, 0.1) is 13.8 Å². The quantitative estimate of drug-likeness (QED) is 0.431. The van der Waals surface area contributed by atoms with Gasteiger partial charge in [-0.2, -0.15) is 5.10 Å². The molecule has 5 rings (SSSR count). The number of carbonyl (C=O) groups is 1. The average Bonchev–Trinajstić information content (AvgIpc) is 3.31. The molecule has 170 valence electrons. The topological polar surface area (TPSA) is 99.6 Å². The SMILES string of the molecule is COc1ccc([C@H]2[NH2+][C@@H](C(=O)[O-])Cc3c2[nH]c2ccccc32)cc1Cn1nc(C)c(Br)c1C. The molecule has 2 aromatic carbocycles. The van der Waals surface area contributed by atoms with Crippen LogP contribution in [0.4, 0.5) is 0 Å². The van der Waals surface area contributed by atoms with Gasteiger partial charge in [0.1, 0.15) is 11.8 Å². The van der Waals surface area contributed by atoms with E-state index in [0.29, 0.717) is 13.0 Å². The number of para-hydroxylation sites is 1. The maximum atomic E-state index is 11.9. The second kappa shape index (κ2) is 8.35. The van der Waals surface area contributed by atoms with E-state index in [1.807, 2.05) is 60.2 Å². The van der Waals surface area contributed by atoms with Crippen molar-refractivity contribution in [3.8, 4) is 5.75 Å². The van der Waals surface area contributed by atoms with Gasteiger partial charge in [0.25, 0.3) is 0 Å². The highest BCUT2D eigenvalue weighted by Gasteiger charge is 2.35. The van der Waals surface area contributed by atoms with Gasteiger partial charge in [-0.15, -0.1) is 0 Å². The van der Waals surface area contributed by atoms with E-state index in [4.69, 9.17) is 4.74 Å². The van der Waals surface area contributed by atoms with Crippen molar-refractivity contribution < 1.29 is 20.0 Å². The Labute approximate surface area is 199 Å². The van der Waals surface area contributed by atoms with Gasteiger partial charge in [0.2, 0.25) is 0 Å². The molecule has 33 heavy (non-hydrogen) atoms. The van der Waals surface area contributed by atoms with Gasteiger partial charge in [-0.05, 0) is 59.6 Å². The third kappa shape index (κ3) is 3.73. The van der Waals surface area contributed by atoms with Crippen molar-refractivity contribution >= 4 is 32.8 Å². The number of H-pyrrole nitrogens is 1. The molecule has 1 aliphatic heterocycles. The van der Waals surface area contributed by atoms with Crippen molar-refractivity contribution in [2.75, 3.05) is 7.11 Å². The van der Waals surface area contributed by atoms with Crippen LogP contribution in [0.15, 0.2) is 46.9 Å². The van der Waals surface area contributed by atoms with Gasteiger partial charge in [0.15, 0.2) is 6.04 Å². The predicted molar refractivity (Wildman–Crippen MR) is 126 cm³/mol. The minimum absolute atomic E-state index is 0.194. The number of nitrogens with one attached hydrogen (secondary N) is 1. The molecule has 0 spiro atoms. The summed E-state index contributed by atoms with van der Waals surface area (Å²) in [7, 11) is 1.66. The number of nitrogens with two attached hydrogens (primary N) is 1. The highest BCUT2D eigenvalue weighted by molar-refractivity contribution is 9.10. The zero-order valence-corrected chi connectivity index (χ0v) is 20.3. The number of methoxy groups -OCH3 is 1. The van der Waals surface area contributed by atoms with Crippen LogP contribution < -0.4 is 15.2 Å². The number of ether oxygens (including phenoxy) is 1. The molecule has 7 nitrogen and oxygen atoms in total. The fraction of sp³-hybridized carbons (Fsp3) is 0.280. The first-order valence-corrected chi connectivity index (χ1v) is 11.7. The number of carbonyl (C=O) groups excluding carboxylic acids is 1. The van der Waals surface area contributed by atoms with Gasteiger partial charge >= 0.3 is 0 Å². The molecular formula is C25H25BrN4O3. The molecule has 2 atom stereocenters. The summed E-state index contributed by atoms with van der Waals surface area (Å²) in [5, 5.41) is 19.5. The molecule has 0 saturated heterocycles. The number of aryl methyl sites for hydroxylation is 1. The lowest BCUT2D eigenvalue weighted by atomic mass is 9.89. The van der Waals surface area contributed by atoms with E-state index in [2.05, 4.69) is 32.1 Å². The van der Waals surface area contributed by atoms with Crippen molar-refractivity contribution in [1.29, 1.82) is 0 Å². The molecule has 3 heterocycles. The Balaban J connectivity index is 1.60. The molecular weight excluding hydrogens is 484 g/mol. The summed E-state index contributed by atoms with van der Waals surface area (Å²) >= 11 is 3.60. The largest absolute Gasteiger partial charge is 0.544 e. The zero-order chi connectivity index (χ0) is 23.3. The summed E-state index contributed by atoms with van der Waals surface area (Å²) in [6.07, 6.45) is 0.432. The lowest BCUT2D eigenvalue weighted by Gasteiger charge is -2.29. The highest BCUT2D eigenvalue weighted by atomic mass is 79.9. The van der Waals surface area contributed by atoms with Gasteiger partial charge in [0, 0.05) is 28.5 Å². The molecule has 0 saturated carbocycles. The molecule has 4 aromatic rings. The smallest absolute Gasteiger partial charge is 0.153 e. The number of nitrogens with zero attached hydrogens (tertiary/aromatic N) is 2. The van der Waals surface area contributed by atoms with Crippen LogP contribution in [0.25, 0.3) is 10.9 Å². The first kappa shape index (κ1) is 21.7. The summed E-state index contributed by atoms with van der Waals surface area (Å²) in [4.78, 5) is 15.4. The summed E-state index contributed by atoms with van der Waals surface area (Å²) in [6.45, 7) is 4.54. The number of quaternary nitrogens is 1. The van der Waals surface area contributed by atoms with E-state index < -0.39 is 12.0 Å². The number of hydrogen-bond donors (Lipinski definition) is 2. The number of carboxylic acids is 1. The Morgan fingerprint density at radius 3 is 2.79 bits per heavy atom. The molecule has 1 aliphatic rings. The number of fused-ring (bicyclic) bond motifs is 3. The highest BCUT2D eigenvalue weighted by Crippen LogP contribution is 2.34. The Bertz CT molecular complexity index is 1370. The monoisotopic (exact) mass is 508 g/mol. The lowest BCUT2D eigenvalue weighted by molar-refractivity contribution is -0.717. The third-order valence-corrected chi connectivity index (χ3v) is 7.73. The van der Waals surface area contributed by atoms with E-state index in [1.165, 1.54) is 0 Å². The number of carboxylic acid groups (broad SMARTS) is 1. The van der Waals surface area contributed by atoms with Crippen LogP contribution in [-0.4, -0.2) is 33.9 Å². The summed E-state index contributed by atoms with van der Waals surface area (Å²) in [5.41, 5.74) is 7.06. The standard InChI is InChI=1S/C25H25BrN4O3/c1-13-22(26)14(2)30(29-13)12-16-10-15(8-9-21(16)33-3)23-24-18(11-20(28-23)25(31)32)17-6-4-5-7-19(17)27-24/h4-10,20,23,27-28H,11-12H2,1-3H3,(H,31,32)/t20-,23-/m1/s1. The second-order valence-corrected chi connectivity index (χ2v) is 9.37. The molecule has 0 unspecified atom stereocenters. The van der Waals surface area contributed by atoms with Crippen molar-refractivity contribution in [1.82, 2.24) is 14.8 Å². The summed E-state index contributed by atoms with van der Waals surface area (Å²) in [5.74, 6) is -0.274. The maximum absolute atomic E-state index is 11.9. The zero-order valence-electron chi connectivity index (χ0n) is 18.7. The van der Waals surface area contributed by atoms with E-state index in [9.17, 15) is 9.90 Å². The number of benzene rings is 2. The Kier molecular flexibility index (Phi) is 5.50. The van der Waals surface area contributed by atoms with Gasteiger partial charge in [-0.3, -0.25) is 4.68 Å². The fourth-order valence-corrected chi connectivity index (χ4v) is 5.15. The van der Waals surface area contributed by atoms with Gasteiger partial charge in [-0.25, -0.2) is 0 Å². The summed E-state index contributed by atoms with van der Waals surface area (Å²) in [6, 6.07) is 13.2. The van der Waals surface area contributed by atoms with Crippen LogP contribution in [0.3, 0.4) is 0 Å². The minimum Gasteiger partial charge on any atom is -0.544 e. The molecule has 3 N–H and O–H groups in total. The van der Waals surface area contributed by atoms with E-state index >= 15 is 0 Å². The third-order valence-electron chi connectivity index (χ3n) is 6.59. The van der Waals surface area contributed by atoms with E-state index in [1.54, 1.807) is 7.11 Å². The predicted octanol–water partition coefficient (Wildman–Crippen LogP) is 2.13. The van der Waals surface area contributed by atoms with Gasteiger partial charge in [-0.1, -0.05) is 18.2 Å². The minimum atomic E-state index is -1.04. The number of hydrogen-bond acceptors (Lipinski definition) is 4. The molecule has 0 radical (unpaired) electrons. The van der Waals surface area contributed by atoms with E-state index in [0.717, 1.165) is 54.9 Å². The first-order chi connectivity index (χ1) is 15.9. The number of aliphatic carboxylic acids is 1.